The minimum absolute atomic E-state index is 0. The molecule has 1 saturated heterocycles. The highest BCUT2D eigenvalue weighted by atomic mass is 127. The van der Waals surface area contributed by atoms with E-state index in [1.54, 1.807) is 4.31 Å². The minimum atomic E-state index is -3.07. The lowest BCUT2D eigenvalue weighted by atomic mass is 9.98. The summed E-state index contributed by atoms with van der Waals surface area (Å²) in [5.41, 5.74) is 1.06. The summed E-state index contributed by atoms with van der Waals surface area (Å²) in [5.74, 6) is 1.22. The fourth-order valence-corrected chi connectivity index (χ4v) is 3.92. The maximum Gasteiger partial charge on any atom is 0.211 e. The quantitative estimate of drug-likeness (QED) is 0.348. The number of nitrogens with zero attached hydrogens (tertiary/aromatic N) is 2. The number of sulfonamides is 1. The van der Waals surface area contributed by atoms with Gasteiger partial charge in [0.25, 0.3) is 0 Å². The van der Waals surface area contributed by atoms with Gasteiger partial charge in [-0.2, -0.15) is 0 Å². The fourth-order valence-electron chi connectivity index (χ4n) is 2.83. The molecule has 1 heterocycles. The molecule has 1 fully saturated rings. The van der Waals surface area contributed by atoms with Gasteiger partial charge < -0.3 is 10.6 Å². The predicted molar refractivity (Wildman–Crippen MR) is 119 cm³/mol. The van der Waals surface area contributed by atoms with Crippen LogP contribution in [0.15, 0.2) is 29.3 Å². The summed E-state index contributed by atoms with van der Waals surface area (Å²) in [5, 5.41) is 7.32. The molecule has 0 aromatic heterocycles. The van der Waals surface area contributed by atoms with Crippen molar-refractivity contribution in [1.82, 2.24) is 14.9 Å². The third-order valence-corrected chi connectivity index (χ3v) is 5.79. The zero-order valence-electron chi connectivity index (χ0n) is 15.2. The highest BCUT2D eigenvalue weighted by Gasteiger charge is 2.24. The normalized spacial score (nSPS) is 16.8. The van der Waals surface area contributed by atoms with Crippen molar-refractivity contribution in [2.75, 3.05) is 32.4 Å². The lowest BCUT2D eigenvalue weighted by Crippen LogP contribution is -2.44. The Morgan fingerprint density at radius 2 is 2.00 bits per heavy atom. The van der Waals surface area contributed by atoms with E-state index in [-0.39, 0.29) is 24.0 Å². The second kappa shape index (κ2) is 11.3. The van der Waals surface area contributed by atoms with Crippen molar-refractivity contribution >= 4 is 51.6 Å². The molecule has 0 amide bonds. The zero-order chi connectivity index (χ0) is 18.3. The molecular formula is C17H28ClIN4O2S. The molecule has 1 aromatic carbocycles. The van der Waals surface area contributed by atoms with E-state index in [9.17, 15) is 8.42 Å². The number of aliphatic imine (C=N–C) groups is 1. The van der Waals surface area contributed by atoms with E-state index in [4.69, 9.17) is 11.6 Å². The average Bonchev–Trinajstić information content (AvgIpc) is 2.57. The van der Waals surface area contributed by atoms with Gasteiger partial charge in [-0.05, 0) is 43.4 Å². The standard InChI is InChI=1S/C17H27ClN4O2S.HI/c1-3-19-17(21-13-15-5-4-6-16(18)11-15)20-12-14-7-9-22(10-8-14)25(2,23)24;/h4-6,11,14H,3,7-10,12-13H2,1-2H3,(H2,19,20,21);1H. The molecule has 26 heavy (non-hydrogen) atoms. The molecule has 0 aliphatic carbocycles. The predicted octanol–water partition coefficient (Wildman–Crippen LogP) is 2.68. The van der Waals surface area contributed by atoms with E-state index in [0.29, 0.717) is 30.6 Å². The number of piperidine rings is 1. The number of nitrogens with one attached hydrogen (secondary N) is 2. The highest BCUT2D eigenvalue weighted by molar-refractivity contribution is 14.0. The van der Waals surface area contributed by atoms with Crippen LogP contribution in [-0.2, 0) is 16.6 Å². The summed E-state index contributed by atoms with van der Waals surface area (Å²) < 4.78 is 24.7. The van der Waals surface area contributed by atoms with Gasteiger partial charge in [0, 0.05) is 31.2 Å². The summed E-state index contributed by atoms with van der Waals surface area (Å²) in [4.78, 5) is 4.59. The van der Waals surface area contributed by atoms with Crippen molar-refractivity contribution in [3.8, 4) is 0 Å². The summed E-state index contributed by atoms with van der Waals surface area (Å²) >= 11 is 6.00. The van der Waals surface area contributed by atoms with E-state index in [2.05, 4.69) is 15.6 Å². The van der Waals surface area contributed by atoms with Crippen molar-refractivity contribution in [2.45, 2.75) is 26.3 Å². The average molecular weight is 515 g/mol. The number of hydrogen-bond donors (Lipinski definition) is 2. The Morgan fingerprint density at radius 3 is 2.58 bits per heavy atom. The van der Waals surface area contributed by atoms with Crippen LogP contribution < -0.4 is 10.6 Å². The van der Waals surface area contributed by atoms with Crippen molar-refractivity contribution in [3.63, 3.8) is 0 Å². The summed E-state index contributed by atoms with van der Waals surface area (Å²) in [7, 11) is -3.07. The van der Waals surface area contributed by atoms with Gasteiger partial charge in [0.2, 0.25) is 10.0 Å². The van der Waals surface area contributed by atoms with Gasteiger partial charge in [-0.25, -0.2) is 17.7 Å². The Bertz CT molecular complexity index is 692. The number of benzene rings is 1. The molecule has 1 aliphatic heterocycles. The summed E-state index contributed by atoms with van der Waals surface area (Å²) in [6.45, 7) is 5.36. The molecule has 2 rings (SSSR count). The number of rotatable bonds is 6. The van der Waals surface area contributed by atoms with Crippen LogP contribution in [0, 0.1) is 5.92 Å². The van der Waals surface area contributed by atoms with Gasteiger partial charge in [-0.15, -0.1) is 24.0 Å². The molecule has 0 spiro atoms. The highest BCUT2D eigenvalue weighted by Crippen LogP contribution is 2.18. The Balaban J connectivity index is 0.00000338. The fraction of sp³-hybridized carbons (Fsp3) is 0.588. The van der Waals surface area contributed by atoms with E-state index in [0.717, 1.165) is 37.5 Å². The summed E-state index contributed by atoms with van der Waals surface area (Å²) in [6, 6.07) is 7.68. The van der Waals surface area contributed by atoms with Crippen LogP contribution in [0.5, 0.6) is 0 Å². The molecule has 0 saturated carbocycles. The van der Waals surface area contributed by atoms with Crippen molar-refractivity contribution in [2.24, 2.45) is 10.9 Å². The van der Waals surface area contributed by atoms with E-state index < -0.39 is 10.0 Å². The van der Waals surface area contributed by atoms with Crippen LogP contribution in [0.25, 0.3) is 0 Å². The first kappa shape index (κ1) is 23.5. The molecule has 9 heteroatoms. The van der Waals surface area contributed by atoms with Gasteiger partial charge in [0.1, 0.15) is 0 Å². The molecule has 1 aromatic rings. The minimum Gasteiger partial charge on any atom is -0.357 e. The van der Waals surface area contributed by atoms with Crippen LogP contribution in [0.2, 0.25) is 5.02 Å². The Labute approximate surface area is 178 Å². The van der Waals surface area contributed by atoms with Gasteiger partial charge in [-0.3, -0.25) is 0 Å². The van der Waals surface area contributed by atoms with Gasteiger partial charge in [0.15, 0.2) is 5.96 Å². The first-order chi connectivity index (χ1) is 11.9. The third-order valence-electron chi connectivity index (χ3n) is 4.25. The first-order valence-electron chi connectivity index (χ1n) is 8.60. The Morgan fingerprint density at radius 1 is 1.31 bits per heavy atom. The van der Waals surface area contributed by atoms with Gasteiger partial charge in [0.05, 0.1) is 12.8 Å². The largest absolute Gasteiger partial charge is 0.357 e. The monoisotopic (exact) mass is 514 g/mol. The third kappa shape index (κ3) is 7.98. The maximum absolute atomic E-state index is 11.6. The topological polar surface area (TPSA) is 73.8 Å². The van der Waals surface area contributed by atoms with Crippen LogP contribution in [0.3, 0.4) is 0 Å². The molecule has 0 radical (unpaired) electrons. The molecule has 0 bridgehead atoms. The zero-order valence-corrected chi connectivity index (χ0v) is 19.1. The molecule has 1 aliphatic rings. The van der Waals surface area contributed by atoms with E-state index in [1.165, 1.54) is 6.26 Å². The van der Waals surface area contributed by atoms with Crippen LogP contribution in [0.4, 0.5) is 0 Å². The second-order valence-corrected chi connectivity index (χ2v) is 8.73. The lowest BCUT2D eigenvalue weighted by Gasteiger charge is -2.30. The molecule has 148 valence electrons. The van der Waals surface area contributed by atoms with E-state index >= 15 is 0 Å². The molecular weight excluding hydrogens is 487 g/mol. The van der Waals surface area contributed by atoms with Crippen LogP contribution in [-0.4, -0.2) is 51.1 Å². The number of hydrogen-bond acceptors (Lipinski definition) is 3. The number of guanidine groups is 1. The van der Waals surface area contributed by atoms with Crippen molar-refractivity contribution < 1.29 is 8.42 Å². The summed E-state index contributed by atoms with van der Waals surface area (Å²) in [6.07, 6.45) is 3.01. The van der Waals surface area contributed by atoms with E-state index in [1.807, 2.05) is 31.2 Å². The smallest absolute Gasteiger partial charge is 0.211 e. The number of halogens is 2. The Hall–Kier alpha value is -0.580. The van der Waals surface area contributed by atoms with Gasteiger partial charge in [-0.1, -0.05) is 23.7 Å². The molecule has 6 nitrogen and oxygen atoms in total. The van der Waals surface area contributed by atoms with Crippen molar-refractivity contribution in [3.05, 3.63) is 34.9 Å². The molecule has 0 atom stereocenters. The molecule has 2 N–H and O–H groups in total. The van der Waals surface area contributed by atoms with Crippen LogP contribution >= 0.6 is 35.6 Å². The van der Waals surface area contributed by atoms with Crippen molar-refractivity contribution in [1.29, 1.82) is 0 Å². The lowest BCUT2D eigenvalue weighted by molar-refractivity contribution is 0.275. The molecule has 0 unspecified atom stereocenters. The first-order valence-corrected chi connectivity index (χ1v) is 10.8. The van der Waals surface area contributed by atoms with Gasteiger partial charge >= 0.3 is 0 Å². The maximum atomic E-state index is 11.6. The second-order valence-electron chi connectivity index (χ2n) is 6.31. The SMILES string of the molecule is CCNC(=NCc1cccc(Cl)c1)NCC1CCN(S(C)(=O)=O)CC1.I. The van der Waals surface area contributed by atoms with Crippen LogP contribution in [0.1, 0.15) is 25.3 Å². The Kier molecular flexibility index (Phi) is 10.2.